The van der Waals surface area contributed by atoms with Crippen molar-refractivity contribution in [3.8, 4) is 11.8 Å². The van der Waals surface area contributed by atoms with Crippen LogP contribution < -0.4 is 10.1 Å². The summed E-state index contributed by atoms with van der Waals surface area (Å²) < 4.78 is 5.39. The third-order valence-corrected chi connectivity index (χ3v) is 2.72. The van der Waals surface area contributed by atoms with Crippen LogP contribution in [0.3, 0.4) is 0 Å². The van der Waals surface area contributed by atoms with Crippen molar-refractivity contribution in [3.05, 3.63) is 59.7 Å². The van der Waals surface area contributed by atoms with E-state index < -0.39 is 0 Å². The summed E-state index contributed by atoms with van der Waals surface area (Å²) in [5.41, 5.74) is 2.81. The van der Waals surface area contributed by atoms with Crippen LogP contribution in [0.25, 0.3) is 0 Å². The van der Waals surface area contributed by atoms with E-state index in [1.165, 1.54) is 0 Å². The van der Waals surface area contributed by atoms with Crippen LogP contribution >= 0.6 is 0 Å². The zero-order chi connectivity index (χ0) is 13.5. The van der Waals surface area contributed by atoms with E-state index in [0.29, 0.717) is 18.7 Å². The fourth-order valence-corrected chi connectivity index (χ4v) is 1.79. The number of nitrogens with one attached hydrogen (secondary N) is 1. The number of nitriles is 1. The highest BCUT2D eigenvalue weighted by Crippen LogP contribution is 2.16. The first kappa shape index (κ1) is 13.0. The van der Waals surface area contributed by atoms with E-state index in [9.17, 15) is 0 Å². The summed E-state index contributed by atoms with van der Waals surface area (Å²) in [7, 11) is 0. The molecule has 1 N–H and O–H groups in total. The molecule has 0 heterocycles. The van der Waals surface area contributed by atoms with Crippen molar-refractivity contribution in [2.75, 3.05) is 11.9 Å². The molecule has 0 radical (unpaired) electrons. The van der Waals surface area contributed by atoms with Crippen LogP contribution in [0, 0.1) is 11.3 Å². The van der Waals surface area contributed by atoms with Gasteiger partial charge in [-0.3, -0.25) is 0 Å². The first-order valence-corrected chi connectivity index (χ1v) is 6.27. The van der Waals surface area contributed by atoms with Crippen LogP contribution in [0.4, 0.5) is 5.69 Å². The lowest BCUT2D eigenvalue weighted by molar-refractivity contribution is 0.340. The molecule has 3 nitrogen and oxygen atoms in total. The number of anilines is 1. The Morgan fingerprint density at radius 2 is 1.95 bits per heavy atom. The molecule has 0 aromatic heterocycles. The quantitative estimate of drug-likeness (QED) is 0.884. The van der Waals surface area contributed by atoms with Gasteiger partial charge in [-0.15, -0.1) is 0 Å². The number of ether oxygens (including phenoxy) is 1. The molecule has 0 fully saturated rings. The van der Waals surface area contributed by atoms with Gasteiger partial charge in [-0.2, -0.15) is 5.26 Å². The second kappa shape index (κ2) is 6.46. The van der Waals surface area contributed by atoms with Crippen LogP contribution in [0.2, 0.25) is 0 Å². The van der Waals surface area contributed by atoms with E-state index in [4.69, 9.17) is 10.00 Å². The molecule has 2 aromatic carbocycles. The molecule has 0 saturated heterocycles. The van der Waals surface area contributed by atoms with Gasteiger partial charge in [0.25, 0.3) is 0 Å². The molecule has 96 valence electrons. The van der Waals surface area contributed by atoms with Crippen molar-refractivity contribution < 1.29 is 4.74 Å². The maximum atomic E-state index is 8.84. The predicted octanol–water partition coefficient (Wildman–Crippen LogP) is 3.57. The van der Waals surface area contributed by atoms with Crippen LogP contribution in [0.5, 0.6) is 5.75 Å². The second-order valence-corrected chi connectivity index (χ2v) is 4.12. The minimum atomic E-state index is 0.674. The van der Waals surface area contributed by atoms with Crippen LogP contribution in [0.1, 0.15) is 18.1 Å². The van der Waals surface area contributed by atoms with Crippen LogP contribution in [-0.4, -0.2) is 6.61 Å². The maximum Gasteiger partial charge on any atom is 0.119 e. The molecule has 0 bridgehead atoms. The zero-order valence-corrected chi connectivity index (χ0v) is 10.9. The Bertz CT molecular complexity index is 570. The van der Waals surface area contributed by atoms with Crippen molar-refractivity contribution >= 4 is 5.69 Å². The van der Waals surface area contributed by atoms with E-state index in [0.717, 1.165) is 17.0 Å². The van der Waals surface area contributed by atoms with Gasteiger partial charge in [-0.25, -0.2) is 0 Å². The summed E-state index contributed by atoms with van der Waals surface area (Å²) in [6.45, 7) is 3.34. The smallest absolute Gasteiger partial charge is 0.119 e. The topological polar surface area (TPSA) is 45.0 Å². The molecule has 0 amide bonds. The van der Waals surface area contributed by atoms with Crippen molar-refractivity contribution in [2.45, 2.75) is 13.5 Å². The van der Waals surface area contributed by atoms with Gasteiger partial charge in [0.2, 0.25) is 0 Å². The monoisotopic (exact) mass is 252 g/mol. The van der Waals surface area contributed by atoms with Gasteiger partial charge in [0.15, 0.2) is 0 Å². The summed E-state index contributed by atoms with van der Waals surface area (Å²) in [4.78, 5) is 0. The molecule has 3 heteroatoms. The normalized spacial score (nSPS) is 9.68. The maximum absolute atomic E-state index is 8.84. The lowest BCUT2D eigenvalue weighted by Crippen LogP contribution is -1.99. The molecule has 2 rings (SSSR count). The molecular formula is C16H16N2O. The standard InChI is InChI=1S/C16H16N2O/c1-2-19-16-8-6-15(7-9-16)18-12-14-5-3-4-13(10-14)11-17/h3-10,18H,2,12H2,1H3. The number of rotatable bonds is 5. The van der Waals surface area contributed by atoms with E-state index in [1.807, 2.05) is 49.4 Å². The SMILES string of the molecule is CCOc1ccc(NCc2cccc(C#N)c2)cc1. The number of hydrogen-bond acceptors (Lipinski definition) is 3. The van der Waals surface area contributed by atoms with Gasteiger partial charge in [0, 0.05) is 12.2 Å². The van der Waals surface area contributed by atoms with Crippen molar-refractivity contribution in [3.63, 3.8) is 0 Å². The Balaban J connectivity index is 1.96. The third kappa shape index (κ3) is 3.75. The predicted molar refractivity (Wildman–Crippen MR) is 76.1 cm³/mol. The lowest BCUT2D eigenvalue weighted by atomic mass is 10.1. The molecule has 0 spiro atoms. The van der Waals surface area contributed by atoms with E-state index in [2.05, 4.69) is 11.4 Å². The summed E-state index contributed by atoms with van der Waals surface area (Å²) >= 11 is 0. The highest BCUT2D eigenvalue weighted by atomic mass is 16.5. The van der Waals surface area contributed by atoms with Gasteiger partial charge in [0.05, 0.1) is 18.2 Å². The third-order valence-electron chi connectivity index (χ3n) is 2.72. The lowest BCUT2D eigenvalue weighted by Gasteiger charge is -2.08. The Hall–Kier alpha value is -2.47. The molecule has 19 heavy (non-hydrogen) atoms. The molecule has 0 atom stereocenters. The summed E-state index contributed by atoms with van der Waals surface area (Å²) in [6, 6.07) is 17.6. The van der Waals surface area contributed by atoms with Gasteiger partial charge in [-0.1, -0.05) is 12.1 Å². The van der Waals surface area contributed by atoms with Gasteiger partial charge in [0.1, 0.15) is 5.75 Å². The Kier molecular flexibility index (Phi) is 4.41. The largest absolute Gasteiger partial charge is 0.494 e. The Morgan fingerprint density at radius 3 is 2.63 bits per heavy atom. The number of hydrogen-bond donors (Lipinski definition) is 1. The van der Waals surface area contributed by atoms with Crippen molar-refractivity contribution in [1.82, 2.24) is 0 Å². The van der Waals surface area contributed by atoms with E-state index >= 15 is 0 Å². The van der Waals surface area contributed by atoms with Crippen molar-refractivity contribution in [1.29, 1.82) is 5.26 Å². The molecule has 0 aliphatic heterocycles. The summed E-state index contributed by atoms with van der Waals surface area (Å²) in [6.07, 6.45) is 0. The average molecular weight is 252 g/mol. The van der Waals surface area contributed by atoms with E-state index in [1.54, 1.807) is 6.07 Å². The highest BCUT2D eigenvalue weighted by Gasteiger charge is 1.97. The first-order valence-electron chi connectivity index (χ1n) is 6.27. The fraction of sp³-hybridized carbons (Fsp3) is 0.188. The first-order chi connectivity index (χ1) is 9.31. The van der Waals surface area contributed by atoms with Gasteiger partial charge in [-0.05, 0) is 48.9 Å². The van der Waals surface area contributed by atoms with Gasteiger partial charge < -0.3 is 10.1 Å². The minimum Gasteiger partial charge on any atom is -0.494 e. The number of benzene rings is 2. The molecule has 2 aromatic rings. The minimum absolute atomic E-state index is 0.674. The van der Waals surface area contributed by atoms with Crippen molar-refractivity contribution in [2.24, 2.45) is 0 Å². The molecule has 0 unspecified atom stereocenters. The average Bonchev–Trinajstić information content (AvgIpc) is 2.47. The highest BCUT2D eigenvalue weighted by molar-refractivity contribution is 5.47. The molecule has 0 aliphatic rings. The second-order valence-electron chi connectivity index (χ2n) is 4.12. The molecule has 0 aliphatic carbocycles. The van der Waals surface area contributed by atoms with Crippen LogP contribution in [-0.2, 0) is 6.54 Å². The van der Waals surface area contributed by atoms with Gasteiger partial charge >= 0.3 is 0 Å². The zero-order valence-electron chi connectivity index (χ0n) is 10.9. The number of nitrogens with zero attached hydrogens (tertiary/aromatic N) is 1. The van der Waals surface area contributed by atoms with E-state index in [-0.39, 0.29) is 0 Å². The molecule has 0 saturated carbocycles. The van der Waals surface area contributed by atoms with Crippen LogP contribution in [0.15, 0.2) is 48.5 Å². The summed E-state index contributed by atoms with van der Waals surface area (Å²) in [5, 5.41) is 12.2. The molecular weight excluding hydrogens is 236 g/mol. The fourth-order valence-electron chi connectivity index (χ4n) is 1.79. The Morgan fingerprint density at radius 1 is 1.16 bits per heavy atom. The Labute approximate surface area is 113 Å². The summed E-state index contributed by atoms with van der Waals surface area (Å²) in [5.74, 6) is 0.875.